The standard InChI is InChI=1S/C23H32N2O5S/c1-6-21(25(31(5,27)28)18-10-9-11-19(16-18)29-4)23(26)24-14-15-30-22-13-8-7-12-20(22)17(2)3/h7-13,16-17,21H,6,14-15H2,1-5H3,(H,24,26)/t21-/m0/s1. The number of amides is 1. The van der Waals surface area contributed by atoms with Crippen LogP contribution in [0.5, 0.6) is 11.5 Å². The molecule has 7 nitrogen and oxygen atoms in total. The lowest BCUT2D eigenvalue weighted by atomic mass is 10.0. The van der Waals surface area contributed by atoms with Crippen molar-refractivity contribution in [1.82, 2.24) is 5.32 Å². The molecule has 0 radical (unpaired) electrons. The molecule has 0 bridgehead atoms. The van der Waals surface area contributed by atoms with Crippen LogP contribution < -0.4 is 19.1 Å². The van der Waals surface area contributed by atoms with Gasteiger partial charge >= 0.3 is 0 Å². The predicted molar refractivity (Wildman–Crippen MR) is 123 cm³/mol. The van der Waals surface area contributed by atoms with E-state index in [4.69, 9.17) is 9.47 Å². The number of nitrogens with one attached hydrogen (secondary N) is 1. The molecule has 2 aromatic rings. The van der Waals surface area contributed by atoms with Gasteiger partial charge < -0.3 is 14.8 Å². The molecular formula is C23H32N2O5S. The molecule has 0 aliphatic heterocycles. The first kappa shape index (κ1) is 24.5. The lowest BCUT2D eigenvalue weighted by molar-refractivity contribution is -0.122. The van der Waals surface area contributed by atoms with Crippen LogP contribution in [0.1, 0.15) is 38.7 Å². The summed E-state index contributed by atoms with van der Waals surface area (Å²) in [6.45, 7) is 6.50. The fraction of sp³-hybridized carbons (Fsp3) is 0.435. The van der Waals surface area contributed by atoms with Crippen LogP contribution in [0, 0.1) is 0 Å². The van der Waals surface area contributed by atoms with Gasteiger partial charge in [0.05, 0.1) is 25.6 Å². The summed E-state index contributed by atoms with van der Waals surface area (Å²) in [5, 5.41) is 2.80. The fourth-order valence-electron chi connectivity index (χ4n) is 3.35. The van der Waals surface area contributed by atoms with Crippen molar-refractivity contribution in [2.24, 2.45) is 0 Å². The van der Waals surface area contributed by atoms with Gasteiger partial charge in [0.1, 0.15) is 24.1 Å². The van der Waals surface area contributed by atoms with E-state index in [9.17, 15) is 13.2 Å². The number of anilines is 1. The molecule has 0 heterocycles. The van der Waals surface area contributed by atoms with E-state index in [1.54, 1.807) is 31.2 Å². The number of carbonyl (C=O) groups is 1. The highest BCUT2D eigenvalue weighted by Gasteiger charge is 2.31. The molecule has 0 aliphatic carbocycles. The zero-order valence-electron chi connectivity index (χ0n) is 18.8. The third-order valence-corrected chi connectivity index (χ3v) is 6.02. The summed E-state index contributed by atoms with van der Waals surface area (Å²) >= 11 is 0. The molecular weight excluding hydrogens is 416 g/mol. The van der Waals surface area contributed by atoms with Gasteiger partial charge in [-0.05, 0) is 36.1 Å². The first-order valence-corrected chi connectivity index (χ1v) is 12.2. The van der Waals surface area contributed by atoms with E-state index >= 15 is 0 Å². The smallest absolute Gasteiger partial charge is 0.244 e. The molecule has 0 fully saturated rings. The molecule has 0 saturated heterocycles. The number of nitrogens with zero attached hydrogens (tertiary/aromatic N) is 1. The molecule has 0 unspecified atom stereocenters. The minimum absolute atomic E-state index is 0.261. The van der Waals surface area contributed by atoms with Crippen LogP contribution in [-0.4, -0.2) is 46.9 Å². The molecule has 170 valence electrons. The van der Waals surface area contributed by atoms with Gasteiger partial charge in [0.25, 0.3) is 0 Å². The second-order valence-electron chi connectivity index (χ2n) is 7.52. The molecule has 2 aromatic carbocycles. The Kier molecular flexibility index (Phi) is 8.74. The second kappa shape index (κ2) is 11.0. The summed E-state index contributed by atoms with van der Waals surface area (Å²) in [4.78, 5) is 12.9. The fourth-order valence-corrected chi connectivity index (χ4v) is 4.55. The van der Waals surface area contributed by atoms with Crippen LogP contribution >= 0.6 is 0 Å². The van der Waals surface area contributed by atoms with E-state index in [2.05, 4.69) is 19.2 Å². The number of carbonyl (C=O) groups excluding carboxylic acids is 1. The van der Waals surface area contributed by atoms with Crippen molar-refractivity contribution in [3.05, 3.63) is 54.1 Å². The van der Waals surface area contributed by atoms with E-state index in [0.29, 0.717) is 23.8 Å². The third kappa shape index (κ3) is 6.62. The molecule has 1 N–H and O–H groups in total. The number of para-hydroxylation sites is 1. The van der Waals surface area contributed by atoms with Gasteiger partial charge in [-0.25, -0.2) is 8.42 Å². The number of sulfonamides is 1. The normalized spacial score (nSPS) is 12.3. The van der Waals surface area contributed by atoms with Crippen molar-refractivity contribution in [2.45, 2.75) is 39.2 Å². The Morgan fingerprint density at radius 2 is 1.84 bits per heavy atom. The summed E-state index contributed by atoms with van der Waals surface area (Å²) in [7, 11) is -2.20. The minimum Gasteiger partial charge on any atom is -0.497 e. The van der Waals surface area contributed by atoms with Gasteiger partial charge in [-0.2, -0.15) is 0 Å². The summed E-state index contributed by atoms with van der Waals surface area (Å²) in [5.74, 6) is 1.24. The van der Waals surface area contributed by atoms with Gasteiger partial charge in [-0.3, -0.25) is 9.10 Å². The van der Waals surface area contributed by atoms with Gasteiger partial charge in [0.15, 0.2) is 0 Å². The molecule has 0 aliphatic rings. The molecule has 1 atom stereocenters. The van der Waals surface area contributed by atoms with Crippen LogP contribution in [0.2, 0.25) is 0 Å². The molecule has 0 spiro atoms. The first-order valence-electron chi connectivity index (χ1n) is 10.3. The highest BCUT2D eigenvalue weighted by atomic mass is 32.2. The Morgan fingerprint density at radius 3 is 2.45 bits per heavy atom. The molecule has 0 aromatic heterocycles. The minimum atomic E-state index is -3.70. The second-order valence-corrected chi connectivity index (χ2v) is 9.38. The van der Waals surface area contributed by atoms with Crippen LogP contribution in [0.25, 0.3) is 0 Å². The van der Waals surface area contributed by atoms with Gasteiger partial charge in [0, 0.05) is 6.07 Å². The molecule has 2 rings (SSSR count). The van der Waals surface area contributed by atoms with E-state index in [-0.39, 0.29) is 19.1 Å². The summed E-state index contributed by atoms with van der Waals surface area (Å²) in [6.07, 6.45) is 1.40. The highest BCUT2D eigenvalue weighted by molar-refractivity contribution is 7.92. The Bertz CT molecular complexity index is 975. The molecule has 0 saturated carbocycles. The lowest BCUT2D eigenvalue weighted by Crippen LogP contribution is -2.50. The van der Waals surface area contributed by atoms with Crippen molar-refractivity contribution < 1.29 is 22.7 Å². The highest BCUT2D eigenvalue weighted by Crippen LogP contribution is 2.27. The Morgan fingerprint density at radius 1 is 1.13 bits per heavy atom. The summed E-state index contributed by atoms with van der Waals surface area (Å²) in [5.41, 5.74) is 1.48. The van der Waals surface area contributed by atoms with Crippen molar-refractivity contribution in [2.75, 3.05) is 30.8 Å². The summed E-state index contributed by atoms with van der Waals surface area (Å²) < 4.78 is 37.2. The van der Waals surface area contributed by atoms with Crippen LogP contribution in [0.3, 0.4) is 0 Å². The van der Waals surface area contributed by atoms with Crippen molar-refractivity contribution in [3.8, 4) is 11.5 Å². The largest absolute Gasteiger partial charge is 0.497 e. The van der Waals surface area contributed by atoms with E-state index in [1.807, 2.05) is 24.3 Å². The van der Waals surface area contributed by atoms with E-state index in [1.165, 1.54) is 7.11 Å². The van der Waals surface area contributed by atoms with Gasteiger partial charge in [-0.15, -0.1) is 0 Å². The van der Waals surface area contributed by atoms with Crippen molar-refractivity contribution in [3.63, 3.8) is 0 Å². The number of rotatable bonds is 11. The van der Waals surface area contributed by atoms with E-state index < -0.39 is 16.1 Å². The Hall–Kier alpha value is -2.74. The zero-order valence-corrected chi connectivity index (χ0v) is 19.6. The molecule has 8 heteroatoms. The van der Waals surface area contributed by atoms with Crippen LogP contribution in [0.15, 0.2) is 48.5 Å². The zero-order chi connectivity index (χ0) is 23.0. The van der Waals surface area contributed by atoms with Crippen LogP contribution in [0.4, 0.5) is 5.69 Å². The van der Waals surface area contributed by atoms with Crippen LogP contribution in [-0.2, 0) is 14.8 Å². The third-order valence-electron chi connectivity index (χ3n) is 4.84. The van der Waals surface area contributed by atoms with Crippen molar-refractivity contribution in [1.29, 1.82) is 0 Å². The maximum atomic E-state index is 12.9. The SMILES string of the molecule is CC[C@@H](C(=O)NCCOc1ccccc1C(C)C)N(c1cccc(OC)c1)S(C)(=O)=O. The Balaban J connectivity index is 2.08. The van der Waals surface area contributed by atoms with Gasteiger partial charge in [0.2, 0.25) is 15.9 Å². The number of methoxy groups -OCH3 is 1. The summed E-state index contributed by atoms with van der Waals surface area (Å²) in [6, 6.07) is 13.6. The van der Waals surface area contributed by atoms with E-state index in [0.717, 1.165) is 21.9 Å². The quantitative estimate of drug-likeness (QED) is 0.532. The number of ether oxygens (including phenoxy) is 2. The monoisotopic (exact) mass is 448 g/mol. The first-order chi connectivity index (χ1) is 14.7. The number of benzene rings is 2. The maximum absolute atomic E-state index is 12.9. The predicted octanol–water partition coefficient (Wildman–Crippen LogP) is 3.56. The maximum Gasteiger partial charge on any atom is 0.244 e. The average molecular weight is 449 g/mol. The number of hydrogen-bond acceptors (Lipinski definition) is 5. The number of hydrogen-bond donors (Lipinski definition) is 1. The lowest BCUT2D eigenvalue weighted by Gasteiger charge is -2.30. The molecule has 31 heavy (non-hydrogen) atoms. The Labute approximate surface area is 185 Å². The van der Waals surface area contributed by atoms with Gasteiger partial charge in [-0.1, -0.05) is 45.0 Å². The average Bonchev–Trinajstić information content (AvgIpc) is 2.74. The molecule has 1 amide bonds. The topological polar surface area (TPSA) is 84.9 Å². The van der Waals surface area contributed by atoms with Crippen molar-refractivity contribution >= 4 is 21.6 Å².